The van der Waals surface area contributed by atoms with Gasteiger partial charge in [0.25, 0.3) is 5.91 Å². The van der Waals surface area contributed by atoms with E-state index in [1.54, 1.807) is 19.2 Å². The molecule has 0 aliphatic carbocycles. The summed E-state index contributed by atoms with van der Waals surface area (Å²) in [5.41, 5.74) is 8.78. The van der Waals surface area contributed by atoms with Gasteiger partial charge in [0.2, 0.25) is 0 Å². The summed E-state index contributed by atoms with van der Waals surface area (Å²) in [6, 6.07) is 11.1. The second-order valence-electron chi connectivity index (χ2n) is 5.59. The lowest BCUT2D eigenvalue weighted by atomic mass is 10.1. The first-order valence-electron chi connectivity index (χ1n) is 8.04. The van der Waals surface area contributed by atoms with Gasteiger partial charge in [-0.2, -0.15) is 0 Å². The Bertz CT molecular complexity index is 924. The summed E-state index contributed by atoms with van der Waals surface area (Å²) in [6.07, 6.45) is 0. The van der Waals surface area contributed by atoms with E-state index >= 15 is 0 Å². The van der Waals surface area contributed by atoms with E-state index in [4.69, 9.17) is 15.2 Å². The molecule has 0 bridgehead atoms. The van der Waals surface area contributed by atoms with Crippen LogP contribution in [0.4, 0.5) is 0 Å². The van der Waals surface area contributed by atoms with Crippen LogP contribution in [0.5, 0.6) is 5.75 Å². The number of hydrogen-bond donors (Lipinski definition) is 1. The topological polar surface area (TPSA) is 87.3 Å². The highest BCUT2D eigenvalue weighted by molar-refractivity contribution is 7.13. The minimum atomic E-state index is -0.521. The van der Waals surface area contributed by atoms with Gasteiger partial charge in [-0.25, -0.2) is 9.97 Å². The number of nitrogens with two attached hydrogens (primary N) is 1. The summed E-state index contributed by atoms with van der Waals surface area (Å²) >= 11 is 1.41. The molecule has 0 saturated heterocycles. The Kier molecular flexibility index (Phi) is 5.60. The average Bonchev–Trinajstić information content (AvgIpc) is 3.12. The Morgan fingerprint density at radius 2 is 1.96 bits per heavy atom. The monoisotopic (exact) mass is 369 g/mol. The van der Waals surface area contributed by atoms with E-state index in [1.165, 1.54) is 11.3 Å². The van der Waals surface area contributed by atoms with Gasteiger partial charge in [0.05, 0.1) is 17.9 Å². The molecule has 134 valence electrons. The van der Waals surface area contributed by atoms with Crippen molar-refractivity contribution in [1.82, 2.24) is 9.97 Å². The number of primary amides is 1. The number of rotatable bonds is 7. The maximum atomic E-state index is 11.7. The number of aromatic nitrogens is 2. The van der Waals surface area contributed by atoms with Gasteiger partial charge in [-0.1, -0.05) is 12.1 Å². The second-order valence-corrected chi connectivity index (χ2v) is 6.45. The fraction of sp³-hybridized carbons (Fsp3) is 0.211. The Labute approximate surface area is 155 Å². The minimum Gasteiger partial charge on any atom is -0.490 e. The third-order valence-electron chi connectivity index (χ3n) is 3.71. The van der Waals surface area contributed by atoms with Gasteiger partial charge < -0.3 is 15.2 Å². The molecule has 2 N–H and O–H groups in total. The first-order valence-corrected chi connectivity index (χ1v) is 8.92. The predicted molar refractivity (Wildman–Crippen MR) is 101 cm³/mol. The van der Waals surface area contributed by atoms with E-state index < -0.39 is 5.91 Å². The van der Waals surface area contributed by atoms with Gasteiger partial charge in [0, 0.05) is 23.7 Å². The summed E-state index contributed by atoms with van der Waals surface area (Å²) in [6.45, 7) is 2.82. The molecule has 0 saturated carbocycles. The molecule has 26 heavy (non-hydrogen) atoms. The highest BCUT2D eigenvalue weighted by Crippen LogP contribution is 2.34. The van der Waals surface area contributed by atoms with E-state index in [-0.39, 0.29) is 0 Å². The predicted octanol–water partition coefficient (Wildman–Crippen LogP) is 3.30. The van der Waals surface area contributed by atoms with Crippen LogP contribution in [0.25, 0.3) is 22.0 Å². The van der Waals surface area contributed by atoms with Gasteiger partial charge in [-0.3, -0.25) is 4.79 Å². The van der Waals surface area contributed by atoms with Crippen molar-refractivity contribution in [2.45, 2.75) is 6.92 Å². The molecule has 7 heteroatoms. The van der Waals surface area contributed by atoms with E-state index in [0.29, 0.717) is 29.5 Å². The first kappa shape index (κ1) is 18.0. The Balaban J connectivity index is 1.97. The van der Waals surface area contributed by atoms with E-state index in [2.05, 4.69) is 9.97 Å². The third-order valence-corrected chi connectivity index (χ3v) is 4.56. The standard InChI is InChI=1S/C19H19N3O3S/c1-12-7-8-14(18(20)23)17(21-12)19-22-15(11-26-19)13-5-3-4-6-16(13)25-10-9-24-2/h3-8,11H,9-10H2,1-2H3,(H2,20,23). The van der Waals surface area contributed by atoms with Gasteiger partial charge in [0.1, 0.15) is 23.1 Å². The SMILES string of the molecule is COCCOc1ccccc1-c1csc(-c2nc(C)ccc2C(N)=O)n1. The smallest absolute Gasteiger partial charge is 0.251 e. The van der Waals surface area contributed by atoms with Crippen molar-refractivity contribution in [2.24, 2.45) is 5.73 Å². The average molecular weight is 369 g/mol. The molecule has 0 aliphatic rings. The number of nitrogens with zero attached hydrogens (tertiary/aromatic N) is 2. The summed E-state index contributed by atoms with van der Waals surface area (Å²) in [7, 11) is 1.63. The molecule has 2 heterocycles. The molecule has 0 unspecified atom stereocenters. The van der Waals surface area contributed by atoms with Crippen LogP contribution in [0.1, 0.15) is 16.1 Å². The van der Waals surface area contributed by atoms with Crippen LogP contribution in [-0.2, 0) is 4.74 Å². The molecular formula is C19H19N3O3S. The first-order chi connectivity index (χ1) is 12.6. The zero-order chi connectivity index (χ0) is 18.5. The molecular weight excluding hydrogens is 350 g/mol. The van der Waals surface area contributed by atoms with Crippen molar-refractivity contribution in [3.8, 4) is 27.7 Å². The third kappa shape index (κ3) is 3.89. The van der Waals surface area contributed by atoms with E-state index in [9.17, 15) is 4.79 Å². The van der Waals surface area contributed by atoms with E-state index in [1.807, 2.05) is 36.6 Å². The van der Waals surface area contributed by atoms with Crippen molar-refractivity contribution in [3.63, 3.8) is 0 Å². The molecule has 1 amide bonds. The number of aryl methyl sites for hydroxylation is 1. The van der Waals surface area contributed by atoms with Crippen molar-refractivity contribution in [3.05, 3.63) is 53.0 Å². The zero-order valence-electron chi connectivity index (χ0n) is 14.6. The lowest BCUT2D eigenvalue weighted by Gasteiger charge is -2.09. The highest BCUT2D eigenvalue weighted by Gasteiger charge is 2.17. The molecule has 0 atom stereocenters. The summed E-state index contributed by atoms with van der Waals surface area (Å²) in [4.78, 5) is 20.8. The number of thiazole rings is 1. The lowest BCUT2D eigenvalue weighted by molar-refractivity contribution is 0.100. The zero-order valence-corrected chi connectivity index (χ0v) is 15.4. The van der Waals surface area contributed by atoms with Crippen molar-refractivity contribution >= 4 is 17.2 Å². The lowest BCUT2D eigenvalue weighted by Crippen LogP contribution is -2.13. The number of pyridine rings is 1. The highest BCUT2D eigenvalue weighted by atomic mass is 32.1. The fourth-order valence-corrected chi connectivity index (χ4v) is 3.29. The van der Waals surface area contributed by atoms with Crippen LogP contribution >= 0.6 is 11.3 Å². The molecule has 0 radical (unpaired) electrons. The van der Waals surface area contributed by atoms with Gasteiger partial charge >= 0.3 is 0 Å². The van der Waals surface area contributed by atoms with Crippen molar-refractivity contribution in [1.29, 1.82) is 0 Å². The number of amides is 1. The van der Waals surface area contributed by atoms with Crippen LogP contribution < -0.4 is 10.5 Å². The van der Waals surface area contributed by atoms with Crippen molar-refractivity contribution < 1.29 is 14.3 Å². The largest absolute Gasteiger partial charge is 0.490 e. The number of carbonyl (C=O) groups is 1. The Morgan fingerprint density at radius 3 is 2.73 bits per heavy atom. The molecule has 0 fully saturated rings. The van der Waals surface area contributed by atoms with Crippen LogP contribution in [-0.4, -0.2) is 36.2 Å². The van der Waals surface area contributed by atoms with Crippen LogP contribution in [0.3, 0.4) is 0 Å². The van der Waals surface area contributed by atoms with Crippen LogP contribution in [0, 0.1) is 6.92 Å². The number of hydrogen-bond acceptors (Lipinski definition) is 6. The Morgan fingerprint density at radius 1 is 1.15 bits per heavy atom. The van der Waals surface area contributed by atoms with E-state index in [0.717, 1.165) is 22.7 Å². The fourth-order valence-electron chi connectivity index (χ4n) is 2.46. The molecule has 3 aromatic rings. The molecule has 2 aromatic heterocycles. The number of para-hydroxylation sites is 1. The molecule has 3 rings (SSSR count). The summed E-state index contributed by atoms with van der Waals surface area (Å²) < 4.78 is 10.8. The van der Waals surface area contributed by atoms with Gasteiger partial charge in [-0.15, -0.1) is 11.3 Å². The van der Waals surface area contributed by atoms with Crippen LogP contribution in [0.15, 0.2) is 41.8 Å². The number of benzene rings is 1. The summed E-state index contributed by atoms with van der Waals surface area (Å²) in [5.74, 6) is 0.210. The normalized spacial score (nSPS) is 10.7. The molecule has 6 nitrogen and oxygen atoms in total. The second kappa shape index (κ2) is 8.07. The van der Waals surface area contributed by atoms with Gasteiger partial charge in [-0.05, 0) is 31.2 Å². The maximum absolute atomic E-state index is 11.7. The summed E-state index contributed by atoms with van der Waals surface area (Å²) in [5, 5.41) is 2.56. The minimum absolute atomic E-state index is 0.362. The molecule has 1 aromatic carbocycles. The number of carbonyl (C=O) groups excluding carboxylic acids is 1. The van der Waals surface area contributed by atoms with Crippen LogP contribution in [0.2, 0.25) is 0 Å². The van der Waals surface area contributed by atoms with Gasteiger partial charge in [0.15, 0.2) is 0 Å². The Hall–Kier alpha value is -2.77. The number of ether oxygens (including phenoxy) is 2. The quantitative estimate of drug-likeness (QED) is 0.646. The maximum Gasteiger partial charge on any atom is 0.251 e. The van der Waals surface area contributed by atoms with Crippen molar-refractivity contribution in [2.75, 3.05) is 20.3 Å². The molecule has 0 aliphatic heterocycles. The number of methoxy groups -OCH3 is 1. The molecule has 0 spiro atoms.